The second-order valence-electron chi connectivity index (χ2n) is 4.61. The molecule has 0 bridgehead atoms. The van der Waals surface area contributed by atoms with Crippen LogP contribution in [0.15, 0.2) is 45.5 Å². The van der Waals surface area contributed by atoms with Crippen molar-refractivity contribution in [3.8, 4) is 0 Å². The van der Waals surface area contributed by atoms with Crippen molar-refractivity contribution in [1.29, 1.82) is 0 Å². The quantitative estimate of drug-likeness (QED) is 0.772. The van der Waals surface area contributed by atoms with Crippen molar-refractivity contribution < 1.29 is 9.21 Å². The van der Waals surface area contributed by atoms with Crippen LogP contribution in [0.5, 0.6) is 0 Å². The lowest BCUT2D eigenvalue weighted by Gasteiger charge is -2.23. The lowest BCUT2D eigenvalue weighted by atomic mass is 9.80. The summed E-state index contributed by atoms with van der Waals surface area (Å²) in [5.41, 5.74) is 2.46. The highest BCUT2D eigenvalue weighted by Gasteiger charge is 2.29. The third-order valence-corrected chi connectivity index (χ3v) is 4.15. The largest absolute Gasteiger partial charge is 0.460 e. The van der Waals surface area contributed by atoms with E-state index in [0.29, 0.717) is 5.76 Å². The van der Waals surface area contributed by atoms with Crippen molar-refractivity contribution in [3.05, 3.63) is 58.0 Å². The van der Waals surface area contributed by atoms with Crippen molar-refractivity contribution >= 4 is 21.7 Å². The van der Waals surface area contributed by atoms with Gasteiger partial charge in [-0.05, 0) is 52.4 Å². The maximum Gasteiger partial charge on any atom is 0.206 e. The number of ketones is 1. The van der Waals surface area contributed by atoms with Crippen LogP contribution in [-0.4, -0.2) is 5.78 Å². The van der Waals surface area contributed by atoms with Gasteiger partial charge in [0.15, 0.2) is 5.76 Å². The maximum absolute atomic E-state index is 12.5. The third-order valence-electron chi connectivity index (χ3n) is 3.53. The van der Waals surface area contributed by atoms with Gasteiger partial charge in [0, 0.05) is 0 Å². The molecule has 1 aromatic carbocycles. The minimum absolute atomic E-state index is 0.0580. The van der Waals surface area contributed by atoms with Crippen LogP contribution >= 0.6 is 15.9 Å². The number of benzene rings is 1. The summed E-state index contributed by atoms with van der Waals surface area (Å²) in [6, 6.07) is 9.98. The number of hydrogen-bond donors (Lipinski definition) is 0. The summed E-state index contributed by atoms with van der Waals surface area (Å²) >= 11 is 3.36. The van der Waals surface area contributed by atoms with Gasteiger partial charge in [0.1, 0.15) is 0 Å². The minimum Gasteiger partial charge on any atom is -0.460 e. The Hall–Kier alpha value is -1.35. The third kappa shape index (κ3) is 1.93. The molecule has 2 aromatic rings. The normalized spacial score (nSPS) is 18.4. The molecule has 0 fully saturated rings. The van der Waals surface area contributed by atoms with E-state index in [9.17, 15) is 4.79 Å². The van der Waals surface area contributed by atoms with Crippen LogP contribution in [0.2, 0.25) is 0 Å². The highest BCUT2D eigenvalue weighted by atomic mass is 79.9. The van der Waals surface area contributed by atoms with Gasteiger partial charge in [-0.15, -0.1) is 0 Å². The Labute approximate surface area is 114 Å². The zero-order valence-corrected chi connectivity index (χ0v) is 11.4. The summed E-state index contributed by atoms with van der Waals surface area (Å²) < 4.78 is 6.04. The zero-order valence-electron chi connectivity index (χ0n) is 9.86. The predicted molar refractivity (Wildman–Crippen MR) is 72.9 cm³/mol. The number of rotatable bonds is 2. The fraction of sp³-hybridized carbons (Fsp3) is 0.267. The fourth-order valence-corrected chi connectivity index (χ4v) is 3.05. The zero-order chi connectivity index (χ0) is 12.5. The molecule has 1 unspecified atom stereocenters. The van der Waals surface area contributed by atoms with Crippen LogP contribution < -0.4 is 0 Å². The van der Waals surface area contributed by atoms with Gasteiger partial charge in [0.25, 0.3) is 0 Å². The van der Waals surface area contributed by atoms with Crippen LogP contribution in [-0.2, 0) is 6.42 Å². The molecule has 3 heteroatoms. The highest BCUT2D eigenvalue weighted by Crippen LogP contribution is 2.35. The summed E-state index contributed by atoms with van der Waals surface area (Å²) in [6.45, 7) is 0. The van der Waals surface area contributed by atoms with Crippen LogP contribution in [0.4, 0.5) is 0 Å². The van der Waals surface area contributed by atoms with E-state index < -0.39 is 0 Å². The topological polar surface area (TPSA) is 30.2 Å². The molecule has 0 radical (unpaired) electrons. The van der Waals surface area contributed by atoms with Gasteiger partial charge in [-0.3, -0.25) is 4.79 Å². The first-order valence-electron chi connectivity index (χ1n) is 6.12. The van der Waals surface area contributed by atoms with Crippen molar-refractivity contribution in [2.24, 2.45) is 0 Å². The minimum atomic E-state index is -0.0580. The Morgan fingerprint density at radius 3 is 2.89 bits per heavy atom. The number of furan rings is 1. The molecule has 0 saturated carbocycles. The molecule has 0 N–H and O–H groups in total. The molecule has 18 heavy (non-hydrogen) atoms. The van der Waals surface area contributed by atoms with Crippen LogP contribution in [0, 0.1) is 0 Å². The predicted octanol–water partition coefficient (Wildman–Crippen LogP) is 4.34. The monoisotopic (exact) mass is 304 g/mol. The molecule has 92 valence electrons. The van der Waals surface area contributed by atoms with Gasteiger partial charge in [0.05, 0.1) is 16.7 Å². The number of aryl methyl sites for hydroxylation is 1. The molecule has 1 heterocycles. The average Bonchev–Trinajstić information content (AvgIpc) is 2.83. The summed E-state index contributed by atoms with van der Waals surface area (Å²) in [6.07, 6.45) is 4.58. The van der Waals surface area contributed by atoms with E-state index in [4.69, 9.17) is 4.42 Å². The fourth-order valence-electron chi connectivity index (χ4n) is 2.65. The van der Waals surface area contributed by atoms with Gasteiger partial charge in [-0.2, -0.15) is 0 Å². The van der Waals surface area contributed by atoms with Gasteiger partial charge in [0.2, 0.25) is 5.78 Å². The molecular formula is C15H13BrO2. The first kappa shape index (κ1) is 11.7. The maximum atomic E-state index is 12.5. The Kier molecular flexibility index (Phi) is 3.08. The lowest BCUT2D eigenvalue weighted by Crippen LogP contribution is -2.18. The van der Waals surface area contributed by atoms with E-state index >= 15 is 0 Å². The number of Topliss-reactive ketones (excluding diaryl/α,β-unsaturated/α-hetero) is 1. The SMILES string of the molecule is O=C(c1occc1Br)C1CCCc2ccccc21. The molecule has 1 aliphatic carbocycles. The second-order valence-corrected chi connectivity index (χ2v) is 5.46. The van der Waals surface area contributed by atoms with Crippen LogP contribution in [0.25, 0.3) is 0 Å². The van der Waals surface area contributed by atoms with Crippen molar-refractivity contribution in [2.75, 3.05) is 0 Å². The molecule has 0 saturated heterocycles. The van der Waals surface area contributed by atoms with Crippen molar-refractivity contribution in [2.45, 2.75) is 25.2 Å². The molecule has 0 aliphatic heterocycles. The number of carbonyl (C=O) groups is 1. The van der Waals surface area contributed by atoms with Gasteiger partial charge in [-0.25, -0.2) is 0 Å². The van der Waals surface area contributed by atoms with E-state index in [1.54, 1.807) is 12.3 Å². The molecule has 0 amide bonds. The molecule has 3 rings (SSSR count). The smallest absolute Gasteiger partial charge is 0.206 e. The van der Waals surface area contributed by atoms with Crippen LogP contribution in [0.1, 0.15) is 40.4 Å². The summed E-state index contributed by atoms with van der Waals surface area (Å²) in [7, 11) is 0. The average molecular weight is 305 g/mol. The summed E-state index contributed by atoms with van der Waals surface area (Å²) in [5, 5.41) is 0. The second kappa shape index (κ2) is 4.73. The number of halogens is 1. The van der Waals surface area contributed by atoms with E-state index in [1.165, 1.54) is 5.56 Å². The van der Waals surface area contributed by atoms with E-state index in [0.717, 1.165) is 29.3 Å². The first-order valence-corrected chi connectivity index (χ1v) is 6.91. The molecule has 2 nitrogen and oxygen atoms in total. The summed E-state index contributed by atoms with van der Waals surface area (Å²) in [5.74, 6) is 0.466. The van der Waals surface area contributed by atoms with E-state index in [-0.39, 0.29) is 11.7 Å². The molecular weight excluding hydrogens is 292 g/mol. The van der Waals surface area contributed by atoms with Crippen molar-refractivity contribution in [3.63, 3.8) is 0 Å². The Morgan fingerprint density at radius 1 is 1.28 bits per heavy atom. The van der Waals surface area contributed by atoms with Gasteiger partial charge >= 0.3 is 0 Å². The number of carbonyl (C=O) groups excluding carboxylic acids is 1. The van der Waals surface area contributed by atoms with Gasteiger partial charge < -0.3 is 4.42 Å². The van der Waals surface area contributed by atoms with E-state index in [2.05, 4.69) is 28.1 Å². The van der Waals surface area contributed by atoms with E-state index in [1.807, 2.05) is 12.1 Å². The lowest BCUT2D eigenvalue weighted by molar-refractivity contribution is 0.0922. The first-order chi connectivity index (χ1) is 8.77. The summed E-state index contributed by atoms with van der Waals surface area (Å²) in [4.78, 5) is 12.5. The molecule has 1 aromatic heterocycles. The Balaban J connectivity index is 2.00. The number of fused-ring (bicyclic) bond motifs is 1. The molecule has 1 aliphatic rings. The number of hydrogen-bond acceptors (Lipinski definition) is 2. The highest BCUT2D eigenvalue weighted by molar-refractivity contribution is 9.10. The molecule has 1 atom stereocenters. The standard InChI is InChI=1S/C15H13BrO2/c16-13-8-9-18-15(13)14(17)12-7-3-5-10-4-1-2-6-11(10)12/h1-2,4,6,8-9,12H,3,5,7H2. The van der Waals surface area contributed by atoms with Crippen LogP contribution in [0.3, 0.4) is 0 Å². The Morgan fingerprint density at radius 2 is 2.11 bits per heavy atom. The van der Waals surface area contributed by atoms with Gasteiger partial charge in [-0.1, -0.05) is 24.3 Å². The molecule has 0 spiro atoms. The van der Waals surface area contributed by atoms with Crippen molar-refractivity contribution in [1.82, 2.24) is 0 Å². The Bertz CT molecular complexity index is 586.